The van der Waals surface area contributed by atoms with E-state index in [1.54, 1.807) is 6.07 Å². The third-order valence-corrected chi connectivity index (χ3v) is 8.06. The number of carbonyl (C=O) groups excluding carboxylic acids is 7. The number of ketones is 1. The summed E-state index contributed by atoms with van der Waals surface area (Å²) in [7, 11) is -5.54. The van der Waals surface area contributed by atoms with E-state index in [1.807, 2.05) is 0 Å². The van der Waals surface area contributed by atoms with E-state index in [4.69, 9.17) is 47.2 Å². The zero-order chi connectivity index (χ0) is 40.7. The van der Waals surface area contributed by atoms with Crippen LogP contribution in [-0.2, 0) is 80.5 Å². The fourth-order valence-electron chi connectivity index (χ4n) is 5.92. The number of carbonyl (C=O) groups is 7. The van der Waals surface area contributed by atoms with Crippen molar-refractivity contribution >= 4 is 101 Å². The van der Waals surface area contributed by atoms with Gasteiger partial charge in [-0.1, -0.05) is 18.2 Å². The van der Waals surface area contributed by atoms with E-state index >= 15 is 0 Å². The van der Waals surface area contributed by atoms with Gasteiger partial charge in [-0.05, 0) is 19.1 Å². The molecule has 3 rings (SSSR count). The van der Waals surface area contributed by atoms with Crippen LogP contribution in [0.2, 0.25) is 0 Å². The number of hydrogen-bond acceptors (Lipinski definition) is 19. The molecule has 23 heteroatoms. The van der Waals surface area contributed by atoms with Crippen molar-refractivity contribution in [3.63, 3.8) is 0 Å². The van der Waals surface area contributed by atoms with Crippen molar-refractivity contribution in [1.82, 2.24) is 0 Å². The van der Waals surface area contributed by atoms with Crippen LogP contribution in [0.3, 0.4) is 0 Å². The first-order chi connectivity index (χ1) is 25.1. The number of Topliss-reactive ketones (excluding diaryl/α,β-unsaturated/α-hetero) is 1. The van der Waals surface area contributed by atoms with Crippen LogP contribution in [0.15, 0.2) is 30.3 Å². The van der Waals surface area contributed by atoms with Crippen molar-refractivity contribution in [3.05, 3.63) is 30.3 Å². The molecule has 21 nitrogen and oxygen atoms in total. The molecule has 2 aliphatic rings. The molecule has 2 heterocycles. The van der Waals surface area contributed by atoms with Gasteiger partial charge in [0.05, 0.1) is 0 Å². The van der Waals surface area contributed by atoms with Gasteiger partial charge in [0.25, 0.3) is 0 Å². The zero-order valence-corrected chi connectivity index (χ0v) is 30.8. The quantitative estimate of drug-likeness (QED) is 0.0661. The molecule has 0 bridgehead atoms. The Morgan fingerprint density at radius 1 is 0.582 bits per heavy atom. The summed E-state index contributed by atoms with van der Waals surface area (Å²) in [6.07, 6.45) is -24.1. The molecule has 12 atom stereocenters. The molecule has 0 aliphatic carbocycles. The summed E-state index contributed by atoms with van der Waals surface area (Å²) >= 11 is 0. The monoisotopic (exact) mass is 832 g/mol. The number of para-hydroxylation sites is 1. The molecule has 1 aromatic rings. The van der Waals surface area contributed by atoms with Crippen LogP contribution in [0, 0.1) is 0 Å². The van der Waals surface area contributed by atoms with E-state index in [0.717, 1.165) is 48.5 Å². The van der Waals surface area contributed by atoms with E-state index in [2.05, 4.69) is 0 Å². The first kappa shape index (κ1) is 48.3. The molecule has 0 spiro atoms. The zero-order valence-electron chi connectivity index (χ0n) is 30.0. The number of aliphatic hydroxyl groups is 1. The molecule has 2 fully saturated rings. The summed E-state index contributed by atoms with van der Waals surface area (Å²) in [6, 6.07) is 7.21. The normalized spacial score (nSPS) is 28.8. The number of phosphoric ester groups is 1. The Kier molecular flexibility index (Phi) is 18.5. The SMILES string of the molecule is CC(=O)O[C@@H]1[C@@H](OC(C)=O)[C@H](C(C)=O)O[C@H](C(O)[C@@H]2O[C@H](C(Oc3ccccc3)OP(=O)(O)O)[C@@H](OC(C)=O)[C@H](OC(C)=O)[C@H]2OC(C)=O)[C@H]1OC(C)=O.[KH]. The standard InChI is InChI=1S/C32H41O21P.K.H/c1-13(33)22-25(44-14(2)34)28(47-17(5)37)26(45-15(3)35)23(51-22)21(40)24-27(46-16(4)36)29(48-18(6)38)30(49-19(7)39)31(52-24)32(53-54(41,42)43)50-20-11-9-8-10-12-20;;/h8-12,21-32,40H,1-7H3,(H2,41,42,43);;/t21?,22-,23+,24-,25-,26+,27-,28+,29+,30-,31-,32?;;/m0../s1. The Morgan fingerprint density at radius 3 is 1.35 bits per heavy atom. The van der Waals surface area contributed by atoms with E-state index < -0.39 is 123 Å². The van der Waals surface area contributed by atoms with Gasteiger partial charge < -0.3 is 57.5 Å². The second-order valence-corrected chi connectivity index (χ2v) is 13.2. The second-order valence-electron chi connectivity index (χ2n) is 12.0. The van der Waals surface area contributed by atoms with Gasteiger partial charge in [-0.3, -0.25) is 33.6 Å². The van der Waals surface area contributed by atoms with Gasteiger partial charge in [0, 0.05) is 41.5 Å². The summed E-state index contributed by atoms with van der Waals surface area (Å²) in [5.41, 5.74) is 0. The minimum atomic E-state index is -5.54. The molecule has 55 heavy (non-hydrogen) atoms. The molecule has 0 aromatic heterocycles. The number of rotatable bonds is 14. The predicted octanol–water partition coefficient (Wildman–Crippen LogP) is -1.07. The van der Waals surface area contributed by atoms with Gasteiger partial charge in [-0.15, -0.1) is 0 Å². The first-order valence-electron chi connectivity index (χ1n) is 16.1. The molecular formula is C32H42KO21P. The molecule has 302 valence electrons. The Morgan fingerprint density at radius 2 is 0.945 bits per heavy atom. The Bertz CT molecular complexity index is 1600. The molecule has 2 saturated heterocycles. The number of aliphatic hydroxyl groups excluding tert-OH is 1. The maximum atomic E-state index is 12.9. The molecule has 3 N–H and O–H groups in total. The van der Waals surface area contributed by atoms with E-state index in [1.165, 1.54) is 24.3 Å². The molecule has 2 aliphatic heterocycles. The van der Waals surface area contributed by atoms with Crippen molar-refractivity contribution in [3.8, 4) is 5.75 Å². The van der Waals surface area contributed by atoms with Gasteiger partial charge in [0.1, 0.15) is 24.1 Å². The summed E-state index contributed by atoms with van der Waals surface area (Å²) in [6.45, 7) is 6.56. The summed E-state index contributed by atoms with van der Waals surface area (Å²) in [5.74, 6) is -7.21. The molecular weight excluding hydrogens is 790 g/mol. The second kappa shape index (κ2) is 21.1. The average Bonchev–Trinajstić information content (AvgIpc) is 3.02. The number of benzene rings is 1. The molecule has 0 saturated carbocycles. The van der Waals surface area contributed by atoms with Crippen LogP contribution < -0.4 is 4.74 Å². The van der Waals surface area contributed by atoms with Crippen molar-refractivity contribution in [2.75, 3.05) is 0 Å². The van der Waals surface area contributed by atoms with E-state index in [0.29, 0.717) is 0 Å². The van der Waals surface area contributed by atoms with Gasteiger partial charge in [-0.25, -0.2) is 9.09 Å². The van der Waals surface area contributed by atoms with Crippen LogP contribution in [0.5, 0.6) is 5.75 Å². The van der Waals surface area contributed by atoms with Gasteiger partial charge >= 0.3 is 95.0 Å². The van der Waals surface area contributed by atoms with Crippen molar-refractivity contribution < 1.29 is 100 Å². The molecule has 0 amide bonds. The topological polar surface area (TPSA) is 290 Å². The van der Waals surface area contributed by atoms with Crippen LogP contribution in [-0.4, -0.2) is 181 Å². The Hall–Kier alpha value is -2.86. The fraction of sp³-hybridized carbons (Fsp3) is 0.594. The maximum absolute atomic E-state index is 12.9. The Labute approximate surface area is 356 Å². The third kappa shape index (κ3) is 13.9. The van der Waals surface area contributed by atoms with Crippen LogP contribution in [0.1, 0.15) is 48.5 Å². The number of hydrogen-bond donors (Lipinski definition) is 3. The molecule has 2 unspecified atom stereocenters. The van der Waals surface area contributed by atoms with Gasteiger partial charge in [0.2, 0.25) is 6.29 Å². The summed E-state index contributed by atoms with van der Waals surface area (Å²) < 4.78 is 67.1. The summed E-state index contributed by atoms with van der Waals surface area (Å²) in [4.78, 5) is 107. The van der Waals surface area contributed by atoms with Crippen molar-refractivity contribution in [2.24, 2.45) is 0 Å². The van der Waals surface area contributed by atoms with Gasteiger partial charge in [-0.2, -0.15) is 0 Å². The summed E-state index contributed by atoms with van der Waals surface area (Å²) in [5, 5.41) is 12.2. The van der Waals surface area contributed by atoms with Crippen LogP contribution >= 0.6 is 7.82 Å². The first-order valence-corrected chi connectivity index (χ1v) is 17.6. The van der Waals surface area contributed by atoms with Gasteiger partial charge in [0.15, 0.2) is 54.6 Å². The minimum absolute atomic E-state index is 0. The molecule has 1 aromatic carbocycles. The average molecular weight is 833 g/mol. The number of phosphoric acid groups is 1. The Balaban J connectivity index is 0.0000105. The number of esters is 6. The van der Waals surface area contributed by atoms with Crippen molar-refractivity contribution in [1.29, 1.82) is 0 Å². The fourth-order valence-corrected chi connectivity index (χ4v) is 6.35. The van der Waals surface area contributed by atoms with Crippen LogP contribution in [0.4, 0.5) is 0 Å². The van der Waals surface area contributed by atoms with E-state index in [-0.39, 0.29) is 57.1 Å². The van der Waals surface area contributed by atoms with Crippen LogP contribution in [0.25, 0.3) is 0 Å². The third-order valence-electron chi connectivity index (χ3n) is 7.57. The number of ether oxygens (including phenoxy) is 9. The predicted molar refractivity (Wildman–Crippen MR) is 178 cm³/mol. The van der Waals surface area contributed by atoms with E-state index in [9.17, 15) is 53.0 Å². The van der Waals surface area contributed by atoms with Crippen molar-refractivity contribution in [2.45, 2.75) is 122 Å². The molecule has 0 radical (unpaired) electrons.